The van der Waals surface area contributed by atoms with Crippen molar-refractivity contribution < 1.29 is 5.11 Å². The molecular formula is C29H50O. The van der Waals surface area contributed by atoms with Crippen LogP contribution in [0.1, 0.15) is 112 Å². The molecule has 0 aliphatic heterocycles. The minimum absolute atomic E-state index is 0.0838. The Kier molecular flexibility index (Phi) is 6.53. The van der Waals surface area contributed by atoms with Crippen LogP contribution in [0.3, 0.4) is 0 Å². The third-order valence-electron chi connectivity index (χ3n) is 11.2. The first-order valence-corrected chi connectivity index (χ1v) is 13.6. The summed E-state index contributed by atoms with van der Waals surface area (Å²) in [5, 5.41) is 10.3. The summed E-state index contributed by atoms with van der Waals surface area (Å²) in [6.07, 6.45) is 17.1. The summed E-state index contributed by atoms with van der Waals surface area (Å²) >= 11 is 0. The number of rotatable bonds is 6. The van der Waals surface area contributed by atoms with Gasteiger partial charge in [0.25, 0.3) is 0 Å². The predicted octanol–water partition coefficient (Wildman–Crippen LogP) is 8.02. The Morgan fingerprint density at radius 2 is 1.80 bits per heavy atom. The van der Waals surface area contributed by atoms with E-state index in [1.807, 2.05) is 0 Å². The highest BCUT2D eigenvalue weighted by atomic mass is 16.3. The van der Waals surface area contributed by atoms with Crippen molar-refractivity contribution in [3.8, 4) is 0 Å². The van der Waals surface area contributed by atoms with Crippen molar-refractivity contribution in [2.75, 3.05) is 0 Å². The molecule has 0 spiro atoms. The molecule has 9 atom stereocenters. The summed E-state index contributed by atoms with van der Waals surface area (Å²) in [7, 11) is 0. The van der Waals surface area contributed by atoms with Crippen LogP contribution >= 0.6 is 0 Å². The number of hydrogen-bond donors (Lipinski definition) is 1. The van der Waals surface area contributed by atoms with Gasteiger partial charge in [0, 0.05) is 0 Å². The third kappa shape index (κ3) is 3.74. The lowest BCUT2D eigenvalue weighted by Gasteiger charge is -2.61. The molecule has 3 fully saturated rings. The number of hydrogen-bond acceptors (Lipinski definition) is 1. The second-order valence-electron chi connectivity index (χ2n) is 12.9. The normalized spacial score (nSPS) is 45.3. The largest absolute Gasteiger partial charge is 0.393 e. The van der Waals surface area contributed by atoms with E-state index < -0.39 is 0 Å². The molecular weight excluding hydrogens is 364 g/mol. The molecule has 4 aliphatic rings. The topological polar surface area (TPSA) is 20.2 Å². The van der Waals surface area contributed by atoms with Gasteiger partial charge in [0.15, 0.2) is 0 Å². The van der Waals surface area contributed by atoms with Crippen molar-refractivity contribution in [2.24, 2.45) is 52.3 Å². The Morgan fingerprint density at radius 1 is 1.03 bits per heavy atom. The lowest BCUT2D eigenvalue weighted by molar-refractivity contribution is -0.0773. The van der Waals surface area contributed by atoms with E-state index in [1.54, 1.807) is 5.57 Å². The fraction of sp³-hybridized carbons (Fsp3) is 0.931. The average molecular weight is 415 g/mol. The molecule has 172 valence electrons. The van der Waals surface area contributed by atoms with Gasteiger partial charge in [-0.1, -0.05) is 66.0 Å². The molecule has 0 amide bonds. The van der Waals surface area contributed by atoms with Crippen molar-refractivity contribution in [2.45, 2.75) is 118 Å². The molecule has 5 unspecified atom stereocenters. The lowest BCUT2D eigenvalue weighted by Crippen LogP contribution is -2.53. The van der Waals surface area contributed by atoms with Crippen LogP contribution in [-0.4, -0.2) is 11.2 Å². The molecule has 0 aromatic carbocycles. The maximum Gasteiger partial charge on any atom is 0.0577 e. The number of allylic oxidation sites excluding steroid dienone is 1. The zero-order chi connectivity index (χ0) is 21.7. The van der Waals surface area contributed by atoms with Gasteiger partial charge in [0.2, 0.25) is 0 Å². The summed E-state index contributed by atoms with van der Waals surface area (Å²) in [5.74, 6) is 6.41. The zero-order valence-electron chi connectivity index (χ0n) is 20.9. The van der Waals surface area contributed by atoms with E-state index in [2.05, 4.69) is 47.6 Å². The van der Waals surface area contributed by atoms with Crippen LogP contribution in [0.5, 0.6) is 0 Å². The highest BCUT2D eigenvalue weighted by molar-refractivity contribution is 5.27. The second-order valence-corrected chi connectivity index (χ2v) is 12.9. The first-order chi connectivity index (χ1) is 14.2. The van der Waals surface area contributed by atoms with Crippen molar-refractivity contribution >= 4 is 0 Å². The van der Waals surface area contributed by atoms with Crippen molar-refractivity contribution in [1.29, 1.82) is 0 Å². The van der Waals surface area contributed by atoms with E-state index in [4.69, 9.17) is 0 Å². The van der Waals surface area contributed by atoms with Gasteiger partial charge in [-0.25, -0.2) is 0 Å². The first kappa shape index (κ1) is 22.9. The summed E-state index contributed by atoms with van der Waals surface area (Å²) in [4.78, 5) is 0. The third-order valence-corrected chi connectivity index (χ3v) is 11.2. The quantitative estimate of drug-likeness (QED) is 0.436. The predicted molar refractivity (Wildman–Crippen MR) is 128 cm³/mol. The summed E-state index contributed by atoms with van der Waals surface area (Å²) < 4.78 is 0. The minimum atomic E-state index is -0.0838. The first-order valence-electron chi connectivity index (χ1n) is 13.6. The highest BCUT2D eigenvalue weighted by Crippen LogP contribution is 2.68. The van der Waals surface area contributed by atoms with Gasteiger partial charge in [-0.05, 0) is 110 Å². The Labute approximate surface area is 187 Å². The highest BCUT2D eigenvalue weighted by Gasteiger charge is 2.59. The van der Waals surface area contributed by atoms with Gasteiger partial charge in [0.05, 0.1) is 6.10 Å². The van der Waals surface area contributed by atoms with E-state index in [-0.39, 0.29) is 6.10 Å². The molecule has 0 heterocycles. The molecule has 1 N–H and O–H groups in total. The molecule has 4 rings (SSSR count). The fourth-order valence-corrected chi connectivity index (χ4v) is 9.30. The molecule has 30 heavy (non-hydrogen) atoms. The number of aliphatic hydroxyl groups excluding tert-OH is 1. The van der Waals surface area contributed by atoms with Crippen LogP contribution in [0.25, 0.3) is 0 Å². The van der Waals surface area contributed by atoms with Gasteiger partial charge in [-0.3, -0.25) is 0 Å². The molecule has 0 radical (unpaired) electrons. The maximum atomic E-state index is 10.3. The zero-order valence-corrected chi connectivity index (χ0v) is 20.9. The van der Waals surface area contributed by atoms with E-state index in [0.717, 1.165) is 54.3 Å². The number of aliphatic hydroxyl groups is 1. The summed E-state index contributed by atoms with van der Waals surface area (Å²) in [6.45, 7) is 15.1. The van der Waals surface area contributed by atoms with Gasteiger partial charge < -0.3 is 5.11 Å². The summed E-state index contributed by atoms with van der Waals surface area (Å²) in [5.41, 5.74) is 2.48. The van der Waals surface area contributed by atoms with Gasteiger partial charge >= 0.3 is 0 Å². The van der Waals surface area contributed by atoms with E-state index in [1.165, 1.54) is 57.8 Å². The van der Waals surface area contributed by atoms with Gasteiger partial charge in [0.1, 0.15) is 0 Å². The minimum Gasteiger partial charge on any atom is -0.393 e. The molecule has 4 aliphatic carbocycles. The van der Waals surface area contributed by atoms with Crippen LogP contribution in [0.4, 0.5) is 0 Å². The average Bonchev–Trinajstić information content (AvgIpc) is 3.14. The monoisotopic (exact) mass is 414 g/mol. The Morgan fingerprint density at radius 3 is 2.50 bits per heavy atom. The van der Waals surface area contributed by atoms with Crippen molar-refractivity contribution in [1.82, 2.24) is 0 Å². The molecule has 0 bridgehead atoms. The molecule has 0 aromatic heterocycles. The van der Waals surface area contributed by atoms with E-state index in [0.29, 0.717) is 10.8 Å². The SMILES string of the molecule is CC[C@H](CC[C@@H](C)C1CCC2C1CCC1[C@@]2(C)CC=C2CC(O)CC[C@@]21C)C(C)C. The van der Waals surface area contributed by atoms with Crippen molar-refractivity contribution in [3.63, 3.8) is 0 Å². The molecule has 1 nitrogen and oxygen atoms in total. The second kappa shape index (κ2) is 8.57. The van der Waals surface area contributed by atoms with Crippen LogP contribution < -0.4 is 0 Å². The Balaban J connectivity index is 1.47. The summed E-state index contributed by atoms with van der Waals surface area (Å²) in [6, 6.07) is 0. The molecule has 3 saturated carbocycles. The van der Waals surface area contributed by atoms with Crippen LogP contribution in [0.2, 0.25) is 0 Å². The van der Waals surface area contributed by atoms with Crippen molar-refractivity contribution in [3.05, 3.63) is 11.6 Å². The van der Waals surface area contributed by atoms with E-state index >= 15 is 0 Å². The Hall–Kier alpha value is -0.300. The molecule has 0 saturated heterocycles. The maximum absolute atomic E-state index is 10.3. The van der Waals surface area contributed by atoms with Crippen LogP contribution in [0.15, 0.2) is 11.6 Å². The van der Waals surface area contributed by atoms with Crippen LogP contribution in [-0.2, 0) is 0 Å². The Bertz CT molecular complexity index is 634. The molecule has 1 heteroatoms. The van der Waals surface area contributed by atoms with Gasteiger partial charge in [-0.15, -0.1) is 0 Å². The standard InChI is InChI=1S/C29H50O/c1-7-21(19(2)3)9-8-20(4)24-10-12-26-25(24)11-13-27-28(5)17-15-23(30)18-22(28)14-16-29(26,27)6/h14,19-21,23-27,30H,7-13,15-18H2,1-6H3/t20-,21-,23?,24?,25?,26?,27?,28+,29+/m1/s1. The smallest absolute Gasteiger partial charge is 0.0577 e. The number of fused-ring (bicyclic) bond motifs is 5. The van der Waals surface area contributed by atoms with Crippen LogP contribution in [0, 0.1) is 52.3 Å². The van der Waals surface area contributed by atoms with E-state index in [9.17, 15) is 5.11 Å². The van der Waals surface area contributed by atoms with Gasteiger partial charge in [-0.2, -0.15) is 0 Å². The molecule has 0 aromatic rings. The fourth-order valence-electron chi connectivity index (χ4n) is 9.30. The lowest BCUT2D eigenvalue weighted by atomic mass is 9.44.